The van der Waals surface area contributed by atoms with Gasteiger partial charge in [0.2, 0.25) is 0 Å². The molecule has 0 fully saturated rings. The van der Waals surface area contributed by atoms with Gasteiger partial charge in [0.05, 0.1) is 28.1 Å². The van der Waals surface area contributed by atoms with Gasteiger partial charge in [0.25, 0.3) is 10.0 Å². The molecule has 9 heteroatoms. The summed E-state index contributed by atoms with van der Waals surface area (Å²) in [7, 11) is -2.33. The summed E-state index contributed by atoms with van der Waals surface area (Å²) in [5.74, 6) is 0.843. The van der Waals surface area contributed by atoms with Crippen LogP contribution < -0.4 is 14.8 Å². The maximum Gasteiger partial charge on any atom is 0.263 e. The minimum Gasteiger partial charge on any atom is -0.495 e. The monoisotopic (exact) mass is 440 g/mol. The average molecular weight is 441 g/mol. The minimum absolute atomic E-state index is 0.0736. The van der Waals surface area contributed by atoms with Gasteiger partial charge in [0.1, 0.15) is 5.75 Å². The van der Waals surface area contributed by atoms with E-state index in [1.165, 1.54) is 19.2 Å². The zero-order valence-electron chi connectivity index (χ0n) is 15.8. The van der Waals surface area contributed by atoms with Crippen molar-refractivity contribution in [2.24, 2.45) is 0 Å². The quantitative estimate of drug-likeness (QED) is 0.445. The third-order valence-corrected chi connectivity index (χ3v) is 5.92. The number of nitrogens with one attached hydrogen (secondary N) is 2. The fourth-order valence-electron chi connectivity index (χ4n) is 2.83. The first-order chi connectivity index (χ1) is 14.5. The highest BCUT2D eigenvalue weighted by molar-refractivity contribution is 7.92. The lowest BCUT2D eigenvalue weighted by molar-refractivity contribution is 0.415. The molecule has 30 heavy (non-hydrogen) atoms. The van der Waals surface area contributed by atoms with Gasteiger partial charge in [0.15, 0.2) is 11.6 Å². The second kappa shape index (κ2) is 8.17. The Morgan fingerprint density at radius 3 is 2.13 bits per heavy atom. The number of sulfonamides is 1. The summed E-state index contributed by atoms with van der Waals surface area (Å²) in [5, 5.41) is 3.50. The van der Waals surface area contributed by atoms with Crippen molar-refractivity contribution >= 4 is 50.0 Å². The molecule has 3 aromatic carbocycles. The summed E-state index contributed by atoms with van der Waals surface area (Å²) in [4.78, 5) is 9.13. The molecule has 7 nitrogen and oxygen atoms in total. The zero-order chi connectivity index (χ0) is 21.1. The topological polar surface area (TPSA) is 93.2 Å². The van der Waals surface area contributed by atoms with Crippen LogP contribution in [-0.2, 0) is 10.0 Å². The van der Waals surface area contributed by atoms with Gasteiger partial charge in [-0.2, -0.15) is 0 Å². The van der Waals surface area contributed by atoms with Gasteiger partial charge in [0, 0.05) is 5.69 Å². The number of nitrogens with zero attached hydrogens (tertiary/aromatic N) is 2. The fourth-order valence-corrected chi connectivity index (χ4v) is 4.11. The van der Waals surface area contributed by atoms with Crippen molar-refractivity contribution in [3.63, 3.8) is 0 Å². The SMILES string of the molecule is COc1ccc(Nc2nc3ccccc3nc2NS(=O)(=O)c2ccccc2)cc1Cl. The number of ether oxygens (including phenoxy) is 1. The Morgan fingerprint density at radius 1 is 0.867 bits per heavy atom. The molecule has 0 unspecified atom stereocenters. The first-order valence-electron chi connectivity index (χ1n) is 8.91. The van der Waals surface area contributed by atoms with E-state index >= 15 is 0 Å². The lowest BCUT2D eigenvalue weighted by Crippen LogP contribution is -2.16. The third-order valence-electron chi connectivity index (χ3n) is 4.27. The van der Waals surface area contributed by atoms with E-state index < -0.39 is 10.0 Å². The molecule has 0 saturated heterocycles. The number of rotatable bonds is 6. The molecular formula is C21H17ClN4O3S. The smallest absolute Gasteiger partial charge is 0.263 e. The molecule has 0 radical (unpaired) electrons. The van der Waals surface area contributed by atoms with Crippen molar-refractivity contribution < 1.29 is 13.2 Å². The number of anilines is 3. The van der Waals surface area contributed by atoms with Gasteiger partial charge in [-0.3, -0.25) is 4.72 Å². The van der Waals surface area contributed by atoms with Crippen LogP contribution in [0.15, 0.2) is 77.7 Å². The Hall–Kier alpha value is -3.36. The molecule has 0 amide bonds. The highest BCUT2D eigenvalue weighted by Gasteiger charge is 2.19. The molecule has 152 valence electrons. The number of methoxy groups -OCH3 is 1. The molecule has 2 N–H and O–H groups in total. The van der Waals surface area contributed by atoms with Crippen molar-refractivity contribution in [3.05, 3.63) is 77.8 Å². The van der Waals surface area contributed by atoms with Crippen molar-refractivity contribution in [1.29, 1.82) is 0 Å². The molecule has 0 spiro atoms. The maximum absolute atomic E-state index is 12.8. The highest BCUT2D eigenvalue weighted by Crippen LogP contribution is 2.31. The van der Waals surface area contributed by atoms with Gasteiger partial charge in [-0.1, -0.05) is 41.9 Å². The molecule has 0 saturated carbocycles. The number of para-hydroxylation sites is 2. The van der Waals surface area contributed by atoms with E-state index in [0.717, 1.165) is 0 Å². The van der Waals surface area contributed by atoms with Crippen LogP contribution in [-0.4, -0.2) is 25.5 Å². The van der Waals surface area contributed by atoms with Gasteiger partial charge in [-0.05, 0) is 42.5 Å². The van der Waals surface area contributed by atoms with Gasteiger partial charge in [-0.25, -0.2) is 18.4 Å². The van der Waals surface area contributed by atoms with Crippen LogP contribution in [0.1, 0.15) is 0 Å². The summed E-state index contributed by atoms with van der Waals surface area (Å²) < 4.78 is 33.4. The summed E-state index contributed by atoms with van der Waals surface area (Å²) in [6.07, 6.45) is 0. The summed E-state index contributed by atoms with van der Waals surface area (Å²) in [6, 6.07) is 20.4. The molecular weight excluding hydrogens is 424 g/mol. The van der Waals surface area contributed by atoms with E-state index in [9.17, 15) is 8.42 Å². The largest absolute Gasteiger partial charge is 0.495 e. The lowest BCUT2D eigenvalue weighted by Gasteiger charge is -2.14. The molecule has 0 atom stereocenters. The fraction of sp³-hybridized carbons (Fsp3) is 0.0476. The van der Waals surface area contributed by atoms with E-state index in [4.69, 9.17) is 16.3 Å². The van der Waals surface area contributed by atoms with E-state index in [1.54, 1.807) is 48.5 Å². The lowest BCUT2D eigenvalue weighted by atomic mass is 10.3. The Balaban J connectivity index is 1.77. The van der Waals surface area contributed by atoms with Crippen molar-refractivity contribution in [1.82, 2.24) is 9.97 Å². The predicted octanol–water partition coefficient (Wildman–Crippen LogP) is 4.84. The number of fused-ring (bicyclic) bond motifs is 1. The zero-order valence-corrected chi connectivity index (χ0v) is 17.4. The molecule has 4 aromatic rings. The van der Waals surface area contributed by atoms with Crippen LogP contribution >= 0.6 is 11.6 Å². The second-order valence-electron chi connectivity index (χ2n) is 6.30. The van der Waals surface area contributed by atoms with Crippen LogP contribution in [0.4, 0.5) is 17.3 Å². The van der Waals surface area contributed by atoms with Gasteiger partial charge < -0.3 is 10.1 Å². The average Bonchev–Trinajstić information content (AvgIpc) is 2.75. The first-order valence-corrected chi connectivity index (χ1v) is 10.8. The number of halogens is 1. The molecule has 1 aromatic heterocycles. The van der Waals surface area contributed by atoms with E-state index in [1.807, 2.05) is 12.1 Å². The Morgan fingerprint density at radius 2 is 1.50 bits per heavy atom. The van der Waals surface area contributed by atoms with E-state index in [2.05, 4.69) is 20.0 Å². The number of hydrogen-bond donors (Lipinski definition) is 2. The van der Waals surface area contributed by atoms with Gasteiger partial charge in [-0.15, -0.1) is 0 Å². The summed E-state index contributed by atoms with van der Waals surface area (Å²) >= 11 is 6.20. The standard InChI is InChI=1S/C21H17ClN4O3S/c1-29-19-12-11-14(13-16(19)22)23-20-21(25-18-10-6-5-9-17(18)24-20)26-30(27,28)15-7-3-2-4-8-15/h2-13H,1H3,(H,23,24)(H,25,26). The molecule has 0 aliphatic carbocycles. The highest BCUT2D eigenvalue weighted by atomic mass is 35.5. The summed E-state index contributed by atoms with van der Waals surface area (Å²) in [6.45, 7) is 0. The second-order valence-corrected chi connectivity index (χ2v) is 8.39. The predicted molar refractivity (Wildman–Crippen MR) is 118 cm³/mol. The molecule has 0 aliphatic heterocycles. The number of hydrogen-bond acceptors (Lipinski definition) is 6. The van der Waals surface area contributed by atoms with E-state index in [-0.39, 0.29) is 16.5 Å². The van der Waals surface area contributed by atoms with Crippen molar-refractivity contribution in [2.75, 3.05) is 17.1 Å². The normalized spacial score (nSPS) is 11.3. The Kier molecular flexibility index (Phi) is 5.43. The van der Waals surface area contributed by atoms with Crippen LogP contribution in [0.2, 0.25) is 5.02 Å². The van der Waals surface area contributed by atoms with Gasteiger partial charge >= 0.3 is 0 Å². The van der Waals surface area contributed by atoms with Crippen LogP contribution in [0.5, 0.6) is 5.75 Å². The third kappa shape index (κ3) is 4.14. The number of aromatic nitrogens is 2. The molecule has 1 heterocycles. The summed E-state index contributed by atoms with van der Waals surface area (Å²) in [5.41, 5.74) is 1.77. The molecule has 4 rings (SSSR count). The van der Waals surface area contributed by atoms with Crippen molar-refractivity contribution in [3.8, 4) is 5.75 Å². The Labute approximate surface area is 178 Å². The van der Waals surface area contributed by atoms with Crippen LogP contribution in [0.25, 0.3) is 11.0 Å². The van der Waals surface area contributed by atoms with E-state index in [0.29, 0.717) is 27.5 Å². The Bertz CT molecular complexity index is 1310. The molecule has 0 bridgehead atoms. The first kappa shape index (κ1) is 19.9. The van der Waals surface area contributed by atoms with Crippen molar-refractivity contribution in [2.45, 2.75) is 4.90 Å². The van der Waals surface area contributed by atoms with Crippen LogP contribution in [0, 0.1) is 0 Å². The number of benzene rings is 3. The minimum atomic E-state index is -3.85. The van der Waals surface area contributed by atoms with Crippen LogP contribution in [0.3, 0.4) is 0 Å². The molecule has 0 aliphatic rings. The maximum atomic E-state index is 12.8.